The van der Waals surface area contributed by atoms with Crippen LogP contribution in [0.5, 0.6) is 0 Å². The van der Waals surface area contributed by atoms with E-state index < -0.39 is 0 Å². The Morgan fingerprint density at radius 3 is 2.61 bits per heavy atom. The van der Waals surface area contributed by atoms with Crippen LogP contribution in [0, 0.1) is 24.2 Å². The highest BCUT2D eigenvalue weighted by Crippen LogP contribution is 2.28. The van der Waals surface area contributed by atoms with Crippen molar-refractivity contribution in [2.24, 2.45) is 5.92 Å². The summed E-state index contributed by atoms with van der Waals surface area (Å²) in [6.07, 6.45) is 6.79. The number of hydrogen-bond donors (Lipinski definition) is 1. The Morgan fingerprint density at radius 2 is 1.91 bits per heavy atom. The molecule has 124 valence electrons. The topological polar surface area (TPSA) is 39.1 Å². The van der Waals surface area contributed by atoms with Crippen LogP contribution >= 0.6 is 0 Å². The number of rotatable bonds is 5. The SMILES string of the molecule is Cc1ccc(C2CC(NCC3CCCC3)CN(CC#N)C2)cc1. The van der Waals surface area contributed by atoms with E-state index in [4.69, 9.17) is 5.26 Å². The Bertz CT molecular complexity index is 525. The van der Waals surface area contributed by atoms with Crippen molar-refractivity contribution in [3.05, 3.63) is 35.4 Å². The van der Waals surface area contributed by atoms with Crippen molar-refractivity contribution in [2.45, 2.75) is 51.0 Å². The van der Waals surface area contributed by atoms with Crippen LogP contribution in [0.15, 0.2) is 24.3 Å². The van der Waals surface area contributed by atoms with Crippen molar-refractivity contribution >= 4 is 0 Å². The molecule has 1 aliphatic heterocycles. The number of aryl methyl sites for hydroxylation is 1. The van der Waals surface area contributed by atoms with Gasteiger partial charge in [-0.25, -0.2) is 0 Å². The number of hydrogen-bond acceptors (Lipinski definition) is 3. The summed E-state index contributed by atoms with van der Waals surface area (Å²) in [7, 11) is 0. The van der Waals surface area contributed by atoms with Gasteiger partial charge in [0.1, 0.15) is 0 Å². The molecule has 0 bridgehead atoms. The number of likely N-dealkylation sites (tertiary alicyclic amines) is 1. The van der Waals surface area contributed by atoms with Gasteiger partial charge in [0, 0.05) is 19.1 Å². The Labute approximate surface area is 140 Å². The van der Waals surface area contributed by atoms with Gasteiger partial charge in [-0.05, 0) is 50.1 Å². The Balaban J connectivity index is 1.62. The predicted molar refractivity (Wildman–Crippen MR) is 94.3 cm³/mol. The molecule has 0 amide bonds. The van der Waals surface area contributed by atoms with Crippen LogP contribution in [-0.4, -0.2) is 37.1 Å². The zero-order valence-corrected chi connectivity index (χ0v) is 14.3. The molecule has 23 heavy (non-hydrogen) atoms. The molecule has 2 atom stereocenters. The standard InChI is InChI=1S/C20H29N3/c1-16-6-8-18(9-7-16)19-12-20(15-23(14-19)11-10-21)22-13-17-4-2-3-5-17/h6-9,17,19-20,22H,2-5,11-15H2,1H3. The average Bonchev–Trinajstić information content (AvgIpc) is 3.07. The molecule has 2 unspecified atom stereocenters. The summed E-state index contributed by atoms with van der Waals surface area (Å²) in [5, 5.41) is 12.9. The van der Waals surface area contributed by atoms with Gasteiger partial charge in [-0.15, -0.1) is 0 Å². The van der Waals surface area contributed by atoms with E-state index >= 15 is 0 Å². The highest BCUT2D eigenvalue weighted by Gasteiger charge is 2.28. The van der Waals surface area contributed by atoms with Crippen LogP contribution < -0.4 is 5.32 Å². The zero-order chi connectivity index (χ0) is 16.1. The third kappa shape index (κ3) is 4.56. The van der Waals surface area contributed by atoms with Crippen LogP contribution in [0.25, 0.3) is 0 Å². The van der Waals surface area contributed by atoms with Gasteiger partial charge >= 0.3 is 0 Å². The molecule has 0 radical (unpaired) electrons. The van der Waals surface area contributed by atoms with Crippen LogP contribution in [-0.2, 0) is 0 Å². The minimum Gasteiger partial charge on any atom is -0.312 e. The highest BCUT2D eigenvalue weighted by molar-refractivity contribution is 5.25. The molecule has 1 saturated carbocycles. The summed E-state index contributed by atoms with van der Waals surface area (Å²) < 4.78 is 0. The molecular formula is C20H29N3. The second-order valence-electron chi connectivity index (χ2n) is 7.45. The molecule has 3 heteroatoms. The smallest absolute Gasteiger partial charge is 0.0866 e. The fourth-order valence-electron chi connectivity index (χ4n) is 4.20. The molecular weight excluding hydrogens is 282 g/mol. The number of nitrogens with zero attached hydrogens (tertiary/aromatic N) is 2. The number of benzene rings is 1. The first-order valence-electron chi connectivity index (χ1n) is 9.14. The van der Waals surface area contributed by atoms with Crippen LogP contribution in [0.3, 0.4) is 0 Å². The molecule has 0 spiro atoms. The summed E-state index contributed by atoms with van der Waals surface area (Å²) in [6.45, 7) is 5.87. The van der Waals surface area contributed by atoms with Crippen molar-refractivity contribution in [3.63, 3.8) is 0 Å². The van der Waals surface area contributed by atoms with Crippen molar-refractivity contribution in [1.29, 1.82) is 5.26 Å². The number of piperidine rings is 1. The van der Waals surface area contributed by atoms with Gasteiger partial charge in [0.2, 0.25) is 0 Å². The molecule has 1 heterocycles. The lowest BCUT2D eigenvalue weighted by molar-refractivity contribution is 0.185. The van der Waals surface area contributed by atoms with Gasteiger partial charge in [0.25, 0.3) is 0 Å². The zero-order valence-electron chi connectivity index (χ0n) is 14.3. The van der Waals surface area contributed by atoms with E-state index in [0.717, 1.165) is 25.6 Å². The van der Waals surface area contributed by atoms with E-state index in [1.54, 1.807) is 0 Å². The van der Waals surface area contributed by atoms with Crippen molar-refractivity contribution in [2.75, 3.05) is 26.2 Å². The van der Waals surface area contributed by atoms with E-state index in [9.17, 15) is 0 Å². The summed E-state index contributed by atoms with van der Waals surface area (Å²) in [5.41, 5.74) is 2.74. The maximum atomic E-state index is 9.09. The van der Waals surface area contributed by atoms with Crippen molar-refractivity contribution < 1.29 is 0 Å². The van der Waals surface area contributed by atoms with Gasteiger partial charge in [-0.3, -0.25) is 4.90 Å². The summed E-state index contributed by atoms with van der Waals surface area (Å²) >= 11 is 0. The minimum atomic E-state index is 0.518. The first-order valence-corrected chi connectivity index (χ1v) is 9.14. The Kier molecular flexibility index (Phi) is 5.70. The number of nitrogens with one attached hydrogen (secondary N) is 1. The highest BCUT2D eigenvalue weighted by atomic mass is 15.2. The lowest BCUT2D eigenvalue weighted by Crippen LogP contribution is -2.49. The fourth-order valence-corrected chi connectivity index (χ4v) is 4.20. The third-order valence-electron chi connectivity index (χ3n) is 5.54. The predicted octanol–water partition coefficient (Wildman–Crippen LogP) is 3.46. The van der Waals surface area contributed by atoms with Gasteiger partial charge in [0.05, 0.1) is 12.6 Å². The third-order valence-corrected chi connectivity index (χ3v) is 5.54. The van der Waals surface area contributed by atoms with Gasteiger partial charge < -0.3 is 5.32 Å². The van der Waals surface area contributed by atoms with Gasteiger partial charge in [0.15, 0.2) is 0 Å². The normalized spacial score (nSPS) is 26.3. The molecule has 1 aromatic carbocycles. The molecule has 2 fully saturated rings. The lowest BCUT2D eigenvalue weighted by atomic mass is 9.87. The maximum absolute atomic E-state index is 9.09. The summed E-state index contributed by atoms with van der Waals surface area (Å²) in [6, 6.07) is 11.8. The second kappa shape index (κ2) is 7.95. The van der Waals surface area contributed by atoms with E-state index in [2.05, 4.69) is 47.5 Å². The van der Waals surface area contributed by atoms with Crippen molar-refractivity contribution in [1.82, 2.24) is 10.2 Å². The molecule has 1 saturated heterocycles. The van der Waals surface area contributed by atoms with E-state index in [1.807, 2.05) is 0 Å². The fraction of sp³-hybridized carbons (Fsp3) is 0.650. The monoisotopic (exact) mass is 311 g/mol. The summed E-state index contributed by atoms with van der Waals surface area (Å²) in [5.74, 6) is 1.41. The number of nitriles is 1. The van der Waals surface area contributed by atoms with Crippen LogP contribution in [0.2, 0.25) is 0 Å². The molecule has 3 rings (SSSR count). The molecule has 2 aliphatic rings. The van der Waals surface area contributed by atoms with Gasteiger partial charge in [-0.1, -0.05) is 42.7 Å². The minimum absolute atomic E-state index is 0.518. The van der Waals surface area contributed by atoms with Crippen LogP contribution in [0.1, 0.15) is 49.1 Å². The van der Waals surface area contributed by atoms with E-state index in [1.165, 1.54) is 43.2 Å². The van der Waals surface area contributed by atoms with Crippen molar-refractivity contribution in [3.8, 4) is 6.07 Å². The van der Waals surface area contributed by atoms with E-state index in [-0.39, 0.29) is 0 Å². The average molecular weight is 311 g/mol. The largest absolute Gasteiger partial charge is 0.312 e. The first kappa shape index (κ1) is 16.5. The molecule has 3 nitrogen and oxygen atoms in total. The Hall–Kier alpha value is -1.37. The van der Waals surface area contributed by atoms with Gasteiger partial charge in [-0.2, -0.15) is 5.26 Å². The first-order chi connectivity index (χ1) is 11.2. The van der Waals surface area contributed by atoms with E-state index in [0.29, 0.717) is 18.5 Å². The quantitative estimate of drug-likeness (QED) is 0.847. The maximum Gasteiger partial charge on any atom is 0.0866 e. The molecule has 1 aromatic rings. The molecule has 1 aliphatic carbocycles. The molecule has 1 N–H and O–H groups in total. The second-order valence-corrected chi connectivity index (χ2v) is 7.45. The Morgan fingerprint density at radius 1 is 1.17 bits per heavy atom. The van der Waals surface area contributed by atoms with Crippen LogP contribution in [0.4, 0.5) is 0 Å². The summed E-state index contributed by atoms with van der Waals surface area (Å²) in [4.78, 5) is 2.32. The lowest BCUT2D eigenvalue weighted by Gasteiger charge is -2.37. The molecule has 0 aromatic heterocycles.